The van der Waals surface area contributed by atoms with Gasteiger partial charge in [0.2, 0.25) is 11.5 Å². The molecule has 0 N–H and O–H groups in total. The van der Waals surface area contributed by atoms with Gasteiger partial charge in [0.05, 0.1) is 19.8 Å². The summed E-state index contributed by atoms with van der Waals surface area (Å²) in [5.74, 6) is 2.02. The third-order valence-corrected chi connectivity index (χ3v) is 5.59. The normalized spacial score (nSPS) is 11.8. The zero-order chi connectivity index (χ0) is 24.6. The van der Waals surface area contributed by atoms with E-state index in [0.29, 0.717) is 53.5 Å². The van der Waals surface area contributed by atoms with Crippen LogP contribution in [-0.4, -0.2) is 48.2 Å². The van der Waals surface area contributed by atoms with Crippen molar-refractivity contribution in [3.8, 4) is 34.7 Å². The van der Waals surface area contributed by atoms with Gasteiger partial charge in [-0.15, -0.1) is 10.2 Å². The first-order valence-electron chi connectivity index (χ1n) is 11.4. The maximum atomic E-state index is 5.91. The molecule has 1 aromatic carbocycles. The zero-order valence-electron chi connectivity index (χ0n) is 20.4. The molecular weight excluding hydrogens is 446 g/mol. The van der Waals surface area contributed by atoms with Crippen LogP contribution < -0.4 is 9.47 Å². The number of imidazole rings is 1. The predicted octanol–water partition coefficient (Wildman–Crippen LogP) is 4.40. The van der Waals surface area contributed by atoms with E-state index in [-0.39, 0.29) is 5.41 Å². The highest BCUT2D eigenvalue weighted by Gasteiger charge is 2.31. The molecule has 0 aliphatic heterocycles. The van der Waals surface area contributed by atoms with E-state index in [1.165, 1.54) is 0 Å². The molecule has 10 nitrogen and oxygen atoms in total. The van der Waals surface area contributed by atoms with Crippen LogP contribution in [0.25, 0.3) is 28.7 Å². The molecule has 0 amide bonds. The Kier molecular flexibility index (Phi) is 5.72. The van der Waals surface area contributed by atoms with Crippen molar-refractivity contribution in [2.45, 2.75) is 39.7 Å². The first-order chi connectivity index (χ1) is 16.9. The standard InChI is InChI=1S/C25H27N7O3/c1-6-34-18-14-17(30-35-18)22-27-28-24-21(33-5)19(25(2,3)4)20(29-32(22)24)23-26-12-13-31(23)15-16-10-8-7-9-11-16/h7-14H,6,15H2,1-5H3. The molecule has 5 rings (SSSR count). The number of nitrogens with zero attached hydrogens (tertiary/aromatic N) is 7. The van der Waals surface area contributed by atoms with Crippen LogP contribution in [0.2, 0.25) is 0 Å². The monoisotopic (exact) mass is 473 g/mol. The van der Waals surface area contributed by atoms with Gasteiger partial charge < -0.3 is 18.6 Å². The Bertz CT molecular complexity index is 1460. The Morgan fingerprint density at radius 3 is 2.57 bits per heavy atom. The van der Waals surface area contributed by atoms with E-state index < -0.39 is 0 Å². The summed E-state index contributed by atoms with van der Waals surface area (Å²) in [6, 6.07) is 11.9. The molecule has 180 valence electrons. The number of hydrogen-bond donors (Lipinski definition) is 0. The van der Waals surface area contributed by atoms with E-state index in [4.69, 9.17) is 24.1 Å². The lowest BCUT2D eigenvalue weighted by atomic mass is 9.85. The number of rotatable bonds is 7. The molecule has 0 radical (unpaired) electrons. The van der Waals surface area contributed by atoms with Gasteiger partial charge in [0.25, 0.3) is 0 Å². The predicted molar refractivity (Wildman–Crippen MR) is 129 cm³/mol. The Balaban J connectivity index is 1.73. The number of methoxy groups -OCH3 is 1. The fourth-order valence-corrected chi connectivity index (χ4v) is 4.10. The van der Waals surface area contributed by atoms with Gasteiger partial charge in [0, 0.05) is 24.5 Å². The molecule has 35 heavy (non-hydrogen) atoms. The van der Waals surface area contributed by atoms with Gasteiger partial charge in [0.15, 0.2) is 17.3 Å². The third kappa shape index (κ3) is 4.11. The van der Waals surface area contributed by atoms with Crippen LogP contribution in [0.5, 0.6) is 11.7 Å². The lowest BCUT2D eigenvalue weighted by Crippen LogP contribution is -2.19. The van der Waals surface area contributed by atoms with Gasteiger partial charge in [0.1, 0.15) is 5.69 Å². The molecule has 5 aromatic rings. The van der Waals surface area contributed by atoms with Crippen LogP contribution in [0.4, 0.5) is 0 Å². The van der Waals surface area contributed by atoms with E-state index in [1.807, 2.05) is 31.3 Å². The first-order valence-corrected chi connectivity index (χ1v) is 11.4. The molecule has 0 aliphatic carbocycles. The molecule has 0 aliphatic rings. The molecule has 10 heteroatoms. The Hall–Kier alpha value is -4.21. The van der Waals surface area contributed by atoms with Gasteiger partial charge in [-0.05, 0) is 17.9 Å². The van der Waals surface area contributed by atoms with Crippen LogP contribution in [0.1, 0.15) is 38.8 Å². The molecule has 0 saturated heterocycles. The Morgan fingerprint density at radius 1 is 1.06 bits per heavy atom. The van der Waals surface area contributed by atoms with Crippen molar-refractivity contribution < 1.29 is 14.0 Å². The van der Waals surface area contributed by atoms with Crippen LogP contribution >= 0.6 is 0 Å². The summed E-state index contributed by atoms with van der Waals surface area (Å²) in [6.45, 7) is 9.32. The van der Waals surface area contributed by atoms with Crippen LogP contribution in [0, 0.1) is 0 Å². The number of fused-ring (bicyclic) bond motifs is 1. The second-order valence-corrected chi connectivity index (χ2v) is 9.09. The van der Waals surface area contributed by atoms with Crippen molar-refractivity contribution in [2.75, 3.05) is 13.7 Å². The topological polar surface area (TPSA) is 105 Å². The Morgan fingerprint density at radius 2 is 1.86 bits per heavy atom. The fourth-order valence-electron chi connectivity index (χ4n) is 4.10. The van der Waals surface area contributed by atoms with Gasteiger partial charge in [-0.3, -0.25) is 0 Å². The number of aromatic nitrogens is 7. The van der Waals surface area contributed by atoms with Gasteiger partial charge in [-0.25, -0.2) is 4.98 Å². The molecule has 0 fully saturated rings. The molecule has 0 bridgehead atoms. The Labute approximate surface area is 202 Å². The van der Waals surface area contributed by atoms with Gasteiger partial charge in [-0.2, -0.15) is 9.61 Å². The molecule has 4 heterocycles. The molecule has 0 saturated carbocycles. The van der Waals surface area contributed by atoms with E-state index in [2.05, 4.69) is 52.8 Å². The summed E-state index contributed by atoms with van der Waals surface area (Å²) < 4.78 is 20.3. The maximum absolute atomic E-state index is 5.91. The van der Waals surface area contributed by atoms with Crippen LogP contribution in [0.3, 0.4) is 0 Å². The van der Waals surface area contributed by atoms with Gasteiger partial charge >= 0.3 is 5.95 Å². The first kappa shape index (κ1) is 22.6. The summed E-state index contributed by atoms with van der Waals surface area (Å²) in [6.07, 6.45) is 3.73. The molecule has 0 atom stereocenters. The van der Waals surface area contributed by atoms with Crippen molar-refractivity contribution in [3.63, 3.8) is 0 Å². The second-order valence-electron chi connectivity index (χ2n) is 9.09. The SMILES string of the molecule is CCOc1cc(-c2nnc3c(OC)c(C(C)(C)C)c(-c4nccn4Cc4ccccc4)nn23)no1. The average molecular weight is 474 g/mol. The summed E-state index contributed by atoms with van der Waals surface area (Å²) in [5.41, 5.74) is 3.35. The molecule has 4 aromatic heterocycles. The minimum absolute atomic E-state index is 0.302. The zero-order valence-corrected chi connectivity index (χ0v) is 20.4. The van der Waals surface area contributed by atoms with Crippen LogP contribution in [-0.2, 0) is 12.0 Å². The van der Waals surface area contributed by atoms with Crippen molar-refractivity contribution in [1.29, 1.82) is 0 Å². The van der Waals surface area contributed by atoms with Crippen molar-refractivity contribution in [2.24, 2.45) is 0 Å². The lowest BCUT2D eigenvalue weighted by molar-refractivity contribution is 0.226. The van der Waals surface area contributed by atoms with E-state index in [9.17, 15) is 0 Å². The number of benzene rings is 1. The largest absolute Gasteiger partial charge is 0.492 e. The van der Waals surface area contributed by atoms with E-state index >= 15 is 0 Å². The van der Waals surface area contributed by atoms with Crippen LogP contribution in [0.15, 0.2) is 53.3 Å². The number of ether oxygens (including phenoxy) is 2. The summed E-state index contributed by atoms with van der Waals surface area (Å²) in [4.78, 5) is 4.69. The maximum Gasteiger partial charge on any atom is 0.311 e. The second kappa shape index (κ2) is 8.86. The highest BCUT2D eigenvalue weighted by Crippen LogP contribution is 2.40. The molecule has 0 spiro atoms. The minimum Gasteiger partial charge on any atom is -0.492 e. The minimum atomic E-state index is -0.318. The lowest BCUT2D eigenvalue weighted by Gasteiger charge is -2.25. The summed E-state index contributed by atoms with van der Waals surface area (Å²) in [5, 5.41) is 17.8. The summed E-state index contributed by atoms with van der Waals surface area (Å²) >= 11 is 0. The van der Waals surface area contributed by atoms with Gasteiger partial charge in [-0.1, -0.05) is 56.3 Å². The molecular formula is C25H27N7O3. The third-order valence-electron chi connectivity index (χ3n) is 5.59. The van der Waals surface area contributed by atoms with E-state index in [0.717, 1.165) is 11.1 Å². The quantitative estimate of drug-likeness (QED) is 0.343. The smallest absolute Gasteiger partial charge is 0.311 e. The highest BCUT2D eigenvalue weighted by molar-refractivity contribution is 5.72. The number of hydrogen-bond acceptors (Lipinski definition) is 8. The molecule has 0 unspecified atom stereocenters. The van der Waals surface area contributed by atoms with Crippen molar-refractivity contribution in [1.82, 2.24) is 34.5 Å². The highest BCUT2D eigenvalue weighted by atomic mass is 16.6. The van der Waals surface area contributed by atoms with E-state index in [1.54, 1.807) is 23.9 Å². The summed E-state index contributed by atoms with van der Waals surface area (Å²) in [7, 11) is 1.63. The van der Waals surface area contributed by atoms with Crippen molar-refractivity contribution in [3.05, 3.63) is 59.9 Å². The van der Waals surface area contributed by atoms with Crippen molar-refractivity contribution >= 4 is 5.65 Å². The fraction of sp³-hybridized carbons (Fsp3) is 0.320. The average Bonchev–Trinajstić information content (AvgIpc) is 3.57.